The number of rotatable bonds is 3. The van der Waals surface area contributed by atoms with E-state index in [0.717, 1.165) is 10.0 Å². The predicted octanol–water partition coefficient (Wildman–Crippen LogP) is 4.02. The van der Waals surface area contributed by atoms with Gasteiger partial charge in [-0.2, -0.15) is 0 Å². The summed E-state index contributed by atoms with van der Waals surface area (Å²) in [5.74, 6) is -0.0522. The summed E-state index contributed by atoms with van der Waals surface area (Å²) in [7, 11) is 0. The molecule has 2 aromatic rings. The Morgan fingerprint density at radius 1 is 1.17 bits per heavy atom. The van der Waals surface area contributed by atoms with Crippen LogP contribution >= 0.6 is 15.9 Å². The van der Waals surface area contributed by atoms with Gasteiger partial charge in [0.25, 0.3) is 0 Å². The van der Waals surface area contributed by atoms with Crippen molar-refractivity contribution in [2.24, 2.45) is 0 Å². The number of nitrogen functional groups attached to an aromatic ring is 1. The van der Waals surface area contributed by atoms with Crippen LogP contribution in [0.5, 0.6) is 0 Å². The number of carbonyl (C=O) groups excluding carboxylic acids is 1. The van der Waals surface area contributed by atoms with Crippen molar-refractivity contribution in [2.75, 3.05) is 5.73 Å². The van der Waals surface area contributed by atoms with Gasteiger partial charge in [-0.05, 0) is 39.7 Å². The fourth-order valence-corrected chi connectivity index (χ4v) is 2.20. The third-order valence-electron chi connectivity index (χ3n) is 2.98. The molecular formula is C15H14BrNO. The molecule has 0 aromatic heterocycles. The van der Waals surface area contributed by atoms with Crippen molar-refractivity contribution in [1.82, 2.24) is 0 Å². The van der Waals surface area contributed by atoms with Gasteiger partial charge >= 0.3 is 0 Å². The molecule has 2 aromatic carbocycles. The van der Waals surface area contributed by atoms with Crippen molar-refractivity contribution < 1.29 is 4.79 Å². The first kappa shape index (κ1) is 12.8. The Morgan fingerprint density at radius 3 is 2.44 bits per heavy atom. The zero-order valence-corrected chi connectivity index (χ0v) is 11.6. The molecule has 0 saturated heterocycles. The molecule has 0 fully saturated rings. The molecule has 0 aliphatic heterocycles. The molecule has 2 rings (SSSR count). The van der Waals surface area contributed by atoms with E-state index in [4.69, 9.17) is 5.73 Å². The van der Waals surface area contributed by atoms with E-state index < -0.39 is 0 Å². The van der Waals surface area contributed by atoms with E-state index >= 15 is 0 Å². The molecule has 0 amide bonds. The minimum atomic E-state index is -0.151. The van der Waals surface area contributed by atoms with Crippen molar-refractivity contribution in [1.29, 1.82) is 0 Å². The molecule has 0 spiro atoms. The lowest BCUT2D eigenvalue weighted by atomic mass is 9.92. The topological polar surface area (TPSA) is 43.1 Å². The minimum Gasteiger partial charge on any atom is -0.398 e. The molecule has 0 bridgehead atoms. The van der Waals surface area contributed by atoms with Crippen LogP contribution in [-0.2, 0) is 0 Å². The van der Waals surface area contributed by atoms with Crippen molar-refractivity contribution in [2.45, 2.75) is 12.8 Å². The summed E-state index contributed by atoms with van der Waals surface area (Å²) >= 11 is 3.34. The maximum Gasteiger partial charge on any atom is 0.170 e. The molecule has 0 aliphatic rings. The van der Waals surface area contributed by atoms with Gasteiger partial charge in [0.1, 0.15) is 0 Å². The average molecular weight is 304 g/mol. The Labute approximate surface area is 115 Å². The summed E-state index contributed by atoms with van der Waals surface area (Å²) in [5.41, 5.74) is 8.05. The van der Waals surface area contributed by atoms with E-state index in [9.17, 15) is 4.79 Å². The molecule has 2 N–H and O–H groups in total. The number of nitrogens with two attached hydrogens (primary N) is 1. The summed E-state index contributed by atoms with van der Waals surface area (Å²) in [6.07, 6.45) is 0. The van der Waals surface area contributed by atoms with Gasteiger partial charge in [0.15, 0.2) is 5.78 Å². The van der Waals surface area contributed by atoms with Crippen LogP contribution in [0.25, 0.3) is 0 Å². The van der Waals surface area contributed by atoms with Gasteiger partial charge in [0.05, 0.1) is 0 Å². The quantitative estimate of drug-likeness (QED) is 0.687. The molecule has 92 valence electrons. The first-order valence-corrected chi connectivity index (χ1v) is 6.53. The number of benzene rings is 2. The van der Waals surface area contributed by atoms with Crippen molar-refractivity contribution in [3.8, 4) is 0 Å². The van der Waals surface area contributed by atoms with Gasteiger partial charge in [-0.3, -0.25) is 4.79 Å². The first-order valence-electron chi connectivity index (χ1n) is 5.74. The molecule has 1 unspecified atom stereocenters. The Balaban J connectivity index is 2.29. The molecule has 2 nitrogen and oxygen atoms in total. The second kappa shape index (κ2) is 5.36. The van der Waals surface area contributed by atoms with E-state index in [-0.39, 0.29) is 11.7 Å². The predicted molar refractivity (Wildman–Crippen MR) is 77.7 cm³/mol. The van der Waals surface area contributed by atoms with Crippen LogP contribution in [0.1, 0.15) is 28.8 Å². The number of carbonyl (C=O) groups is 1. The number of anilines is 1. The van der Waals surface area contributed by atoms with Crippen molar-refractivity contribution >= 4 is 27.4 Å². The second-order valence-electron chi connectivity index (χ2n) is 4.23. The van der Waals surface area contributed by atoms with Crippen LogP contribution < -0.4 is 5.73 Å². The maximum atomic E-state index is 12.3. The molecule has 0 radical (unpaired) electrons. The van der Waals surface area contributed by atoms with E-state index in [0.29, 0.717) is 11.3 Å². The molecular weight excluding hydrogens is 290 g/mol. The Morgan fingerprint density at radius 2 is 1.83 bits per heavy atom. The van der Waals surface area contributed by atoms with Crippen molar-refractivity contribution in [3.63, 3.8) is 0 Å². The summed E-state index contributed by atoms with van der Waals surface area (Å²) in [6, 6.07) is 15.0. The summed E-state index contributed by atoms with van der Waals surface area (Å²) in [5, 5.41) is 0. The number of hydrogen-bond donors (Lipinski definition) is 1. The van der Waals surface area contributed by atoms with Crippen LogP contribution in [0, 0.1) is 0 Å². The largest absolute Gasteiger partial charge is 0.398 e. The summed E-state index contributed by atoms with van der Waals surface area (Å²) < 4.78 is 0.758. The fourth-order valence-electron chi connectivity index (χ4n) is 1.82. The number of hydrogen-bond acceptors (Lipinski definition) is 2. The monoisotopic (exact) mass is 303 g/mol. The van der Waals surface area contributed by atoms with Gasteiger partial charge in [-0.15, -0.1) is 0 Å². The lowest BCUT2D eigenvalue weighted by Crippen LogP contribution is -2.09. The molecule has 18 heavy (non-hydrogen) atoms. The average Bonchev–Trinajstić information content (AvgIpc) is 2.41. The Hall–Kier alpha value is -1.61. The third-order valence-corrected chi connectivity index (χ3v) is 3.66. The highest BCUT2D eigenvalue weighted by Gasteiger charge is 2.17. The molecule has 1 atom stereocenters. The second-order valence-corrected chi connectivity index (χ2v) is 5.09. The standard InChI is InChI=1S/C15H14BrNO/c1-10(11-5-3-2-4-6-11)15(18)12-7-8-14(17)13(16)9-12/h2-10H,17H2,1H3. The highest BCUT2D eigenvalue weighted by Crippen LogP contribution is 2.25. The van der Waals surface area contributed by atoms with Crippen LogP contribution in [0.3, 0.4) is 0 Å². The van der Waals surface area contributed by atoms with Crippen LogP contribution in [-0.4, -0.2) is 5.78 Å². The van der Waals surface area contributed by atoms with Gasteiger partial charge in [0, 0.05) is 21.6 Å². The SMILES string of the molecule is CC(C(=O)c1ccc(N)c(Br)c1)c1ccccc1. The highest BCUT2D eigenvalue weighted by atomic mass is 79.9. The van der Waals surface area contributed by atoms with Gasteiger partial charge in [-0.25, -0.2) is 0 Å². The molecule has 0 saturated carbocycles. The third kappa shape index (κ3) is 2.62. The van der Waals surface area contributed by atoms with Crippen molar-refractivity contribution in [3.05, 3.63) is 64.1 Å². The lowest BCUT2D eigenvalue weighted by Gasteiger charge is -2.11. The lowest BCUT2D eigenvalue weighted by molar-refractivity contribution is 0.0966. The minimum absolute atomic E-state index is 0.0990. The first-order chi connectivity index (χ1) is 8.59. The van der Waals surface area contributed by atoms with Gasteiger partial charge < -0.3 is 5.73 Å². The van der Waals surface area contributed by atoms with Crippen LogP contribution in [0.2, 0.25) is 0 Å². The van der Waals surface area contributed by atoms with E-state index in [1.54, 1.807) is 18.2 Å². The zero-order valence-electron chi connectivity index (χ0n) is 10.1. The molecule has 3 heteroatoms. The van der Waals surface area contributed by atoms with Gasteiger partial charge in [0.2, 0.25) is 0 Å². The highest BCUT2D eigenvalue weighted by molar-refractivity contribution is 9.10. The Bertz CT molecular complexity index is 566. The summed E-state index contributed by atoms with van der Waals surface area (Å²) in [6.45, 7) is 1.92. The fraction of sp³-hybridized carbons (Fsp3) is 0.133. The van der Waals surface area contributed by atoms with E-state index in [1.165, 1.54) is 0 Å². The molecule has 0 heterocycles. The summed E-state index contributed by atoms with van der Waals surface area (Å²) in [4.78, 5) is 12.3. The zero-order chi connectivity index (χ0) is 13.1. The number of halogens is 1. The van der Waals surface area contributed by atoms with Crippen LogP contribution in [0.4, 0.5) is 5.69 Å². The molecule has 0 aliphatic carbocycles. The van der Waals surface area contributed by atoms with E-state index in [2.05, 4.69) is 15.9 Å². The maximum absolute atomic E-state index is 12.3. The Kier molecular flexibility index (Phi) is 3.82. The smallest absolute Gasteiger partial charge is 0.170 e. The van der Waals surface area contributed by atoms with Gasteiger partial charge in [-0.1, -0.05) is 37.3 Å². The number of ketones is 1. The normalized spacial score (nSPS) is 12.1. The van der Waals surface area contributed by atoms with E-state index in [1.807, 2.05) is 37.3 Å². The van der Waals surface area contributed by atoms with Crippen LogP contribution in [0.15, 0.2) is 53.0 Å². The number of Topliss-reactive ketones (excluding diaryl/α,β-unsaturated/α-hetero) is 1.